The molecular weight excluding hydrogens is 348 g/mol. The summed E-state index contributed by atoms with van der Waals surface area (Å²) in [6, 6.07) is 5.99. The van der Waals surface area contributed by atoms with Crippen LogP contribution in [0.2, 0.25) is 0 Å². The molecule has 1 aromatic carbocycles. The average molecular weight is 372 g/mol. The number of aromatic nitrogens is 2. The van der Waals surface area contributed by atoms with E-state index < -0.39 is 0 Å². The molecular formula is C20H24N2O3S. The zero-order chi connectivity index (χ0) is 18.8. The van der Waals surface area contributed by atoms with Crippen LogP contribution < -0.4 is 10.3 Å². The first kappa shape index (κ1) is 18.6. The third kappa shape index (κ3) is 3.27. The van der Waals surface area contributed by atoms with Crippen molar-refractivity contribution in [3.05, 3.63) is 45.3 Å². The number of nitrogens with zero attached hydrogens (tertiary/aromatic N) is 2. The van der Waals surface area contributed by atoms with Crippen molar-refractivity contribution in [1.29, 1.82) is 0 Å². The van der Waals surface area contributed by atoms with Crippen LogP contribution in [0.25, 0.3) is 21.3 Å². The van der Waals surface area contributed by atoms with E-state index in [1.807, 2.05) is 24.4 Å². The first-order chi connectivity index (χ1) is 12.5. The average Bonchev–Trinajstić information content (AvgIpc) is 3.04. The summed E-state index contributed by atoms with van der Waals surface area (Å²) in [6.45, 7) is 7.10. The van der Waals surface area contributed by atoms with Gasteiger partial charge in [-0.2, -0.15) is 0 Å². The van der Waals surface area contributed by atoms with Crippen LogP contribution in [0.5, 0.6) is 5.75 Å². The van der Waals surface area contributed by atoms with Gasteiger partial charge >= 0.3 is 0 Å². The lowest BCUT2D eigenvalue weighted by Gasteiger charge is -2.15. The quantitative estimate of drug-likeness (QED) is 0.650. The minimum Gasteiger partial charge on any atom is -0.496 e. The lowest BCUT2D eigenvalue weighted by Crippen LogP contribution is -2.27. The number of methoxy groups -OCH3 is 2. The topological polar surface area (TPSA) is 53.4 Å². The Hall–Kier alpha value is -2.18. The van der Waals surface area contributed by atoms with E-state index in [0.29, 0.717) is 18.5 Å². The Balaban J connectivity index is 2.30. The van der Waals surface area contributed by atoms with E-state index in [1.165, 1.54) is 11.3 Å². The van der Waals surface area contributed by atoms with Gasteiger partial charge in [-0.05, 0) is 19.1 Å². The van der Waals surface area contributed by atoms with Crippen LogP contribution in [0.4, 0.5) is 0 Å². The molecule has 5 nitrogen and oxygen atoms in total. The maximum Gasteiger partial charge on any atom is 0.262 e. The highest BCUT2D eigenvalue weighted by Gasteiger charge is 2.20. The first-order valence-electron chi connectivity index (χ1n) is 8.63. The SMILES string of the molecule is COCCn1c(C(C)C)nc2scc(-c3cc(C)ccc3OC)c2c1=O. The minimum absolute atomic E-state index is 0.0180. The number of aryl methyl sites for hydroxylation is 1. The Morgan fingerprint density at radius 2 is 2.00 bits per heavy atom. The van der Waals surface area contributed by atoms with Crippen LogP contribution in [-0.4, -0.2) is 30.4 Å². The predicted molar refractivity (Wildman–Crippen MR) is 107 cm³/mol. The van der Waals surface area contributed by atoms with Crippen LogP contribution in [0.3, 0.4) is 0 Å². The Kier molecular flexibility index (Phi) is 5.44. The molecule has 0 aliphatic rings. The summed E-state index contributed by atoms with van der Waals surface area (Å²) in [5.74, 6) is 1.71. The smallest absolute Gasteiger partial charge is 0.262 e. The van der Waals surface area contributed by atoms with E-state index >= 15 is 0 Å². The van der Waals surface area contributed by atoms with Gasteiger partial charge in [-0.25, -0.2) is 4.98 Å². The normalized spacial score (nSPS) is 11.5. The summed E-state index contributed by atoms with van der Waals surface area (Å²) < 4.78 is 12.5. The second-order valence-corrected chi connectivity index (χ2v) is 7.47. The highest BCUT2D eigenvalue weighted by atomic mass is 32.1. The van der Waals surface area contributed by atoms with E-state index in [1.54, 1.807) is 18.8 Å². The summed E-state index contributed by atoms with van der Waals surface area (Å²) >= 11 is 1.50. The van der Waals surface area contributed by atoms with Crippen molar-refractivity contribution in [1.82, 2.24) is 9.55 Å². The van der Waals surface area contributed by atoms with Gasteiger partial charge in [0.2, 0.25) is 0 Å². The number of hydrogen-bond donors (Lipinski definition) is 0. The van der Waals surface area contributed by atoms with Gasteiger partial charge in [0.1, 0.15) is 16.4 Å². The molecule has 6 heteroatoms. The first-order valence-corrected chi connectivity index (χ1v) is 9.51. The molecule has 3 aromatic rings. The highest BCUT2D eigenvalue weighted by molar-refractivity contribution is 7.17. The minimum atomic E-state index is -0.0180. The molecule has 0 fully saturated rings. The fourth-order valence-electron chi connectivity index (χ4n) is 3.11. The molecule has 0 radical (unpaired) electrons. The van der Waals surface area contributed by atoms with E-state index in [9.17, 15) is 4.79 Å². The summed E-state index contributed by atoms with van der Waals surface area (Å²) in [5, 5.41) is 2.65. The van der Waals surface area contributed by atoms with E-state index in [-0.39, 0.29) is 11.5 Å². The fourth-order valence-corrected chi connectivity index (χ4v) is 4.05. The van der Waals surface area contributed by atoms with Crippen molar-refractivity contribution in [2.45, 2.75) is 33.2 Å². The van der Waals surface area contributed by atoms with Crippen LogP contribution in [0, 0.1) is 6.92 Å². The molecule has 0 N–H and O–H groups in total. The molecule has 0 atom stereocenters. The maximum atomic E-state index is 13.3. The Morgan fingerprint density at radius 1 is 1.23 bits per heavy atom. The molecule has 0 bridgehead atoms. The van der Waals surface area contributed by atoms with Gasteiger partial charge in [-0.15, -0.1) is 11.3 Å². The van der Waals surface area contributed by atoms with E-state index in [2.05, 4.69) is 19.9 Å². The number of thiophene rings is 1. The predicted octanol–water partition coefficient (Wildman–Crippen LogP) is 4.21. The molecule has 0 aliphatic carbocycles. The highest BCUT2D eigenvalue weighted by Crippen LogP contribution is 2.37. The fraction of sp³-hybridized carbons (Fsp3) is 0.400. The summed E-state index contributed by atoms with van der Waals surface area (Å²) in [5.41, 5.74) is 2.90. The van der Waals surface area contributed by atoms with Crippen LogP contribution in [0.1, 0.15) is 31.2 Å². The zero-order valence-corrected chi connectivity index (χ0v) is 16.6. The van der Waals surface area contributed by atoms with Crippen LogP contribution >= 0.6 is 11.3 Å². The number of fused-ring (bicyclic) bond motifs is 1. The summed E-state index contributed by atoms with van der Waals surface area (Å²) in [7, 11) is 3.29. The van der Waals surface area contributed by atoms with Crippen molar-refractivity contribution < 1.29 is 9.47 Å². The summed E-state index contributed by atoms with van der Waals surface area (Å²) in [4.78, 5) is 18.9. The van der Waals surface area contributed by atoms with Crippen molar-refractivity contribution in [3.63, 3.8) is 0 Å². The van der Waals surface area contributed by atoms with E-state index in [0.717, 1.165) is 33.1 Å². The Morgan fingerprint density at radius 3 is 2.65 bits per heavy atom. The second kappa shape index (κ2) is 7.60. The number of benzene rings is 1. The molecule has 0 amide bonds. The molecule has 0 aliphatic heterocycles. The molecule has 3 rings (SSSR count). The van der Waals surface area contributed by atoms with Crippen LogP contribution in [-0.2, 0) is 11.3 Å². The molecule has 0 unspecified atom stereocenters. The third-order valence-electron chi connectivity index (χ3n) is 4.40. The molecule has 2 aromatic heterocycles. The maximum absolute atomic E-state index is 13.3. The number of hydrogen-bond acceptors (Lipinski definition) is 5. The third-order valence-corrected chi connectivity index (χ3v) is 5.28. The number of ether oxygens (including phenoxy) is 2. The molecule has 0 saturated carbocycles. The van der Waals surface area contributed by atoms with Gasteiger partial charge in [0.15, 0.2) is 0 Å². The van der Waals surface area contributed by atoms with E-state index in [4.69, 9.17) is 14.5 Å². The van der Waals surface area contributed by atoms with Crippen LogP contribution in [0.15, 0.2) is 28.4 Å². The number of rotatable bonds is 6. The van der Waals surface area contributed by atoms with Gasteiger partial charge in [0, 0.05) is 29.5 Å². The molecule has 0 saturated heterocycles. The van der Waals surface area contributed by atoms with Gasteiger partial charge in [-0.1, -0.05) is 25.5 Å². The monoisotopic (exact) mass is 372 g/mol. The molecule has 2 heterocycles. The van der Waals surface area contributed by atoms with Crippen molar-refractivity contribution in [2.24, 2.45) is 0 Å². The zero-order valence-electron chi connectivity index (χ0n) is 15.8. The second-order valence-electron chi connectivity index (χ2n) is 6.61. The molecule has 0 spiro atoms. The largest absolute Gasteiger partial charge is 0.496 e. The van der Waals surface area contributed by atoms with Crippen molar-refractivity contribution in [3.8, 4) is 16.9 Å². The standard InChI is InChI=1S/C20H24N2O3S/c1-12(2)18-21-19-17(20(23)22(18)8-9-24-4)15(11-26-19)14-10-13(3)6-7-16(14)25-5/h6-7,10-12H,8-9H2,1-5H3. The molecule has 138 valence electrons. The van der Waals surface area contributed by atoms with Gasteiger partial charge in [0.25, 0.3) is 5.56 Å². The lowest BCUT2D eigenvalue weighted by molar-refractivity contribution is 0.184. The van der Waals surface area contributed by atoms with Crippen molar-refractivity contribution >= 4 is 21.6 Å². The van der Waals surface area contributed by atoms with Gasteiger partial charge < -0.3 is 9.47 Å². The van der Waals surface area contributed by atoms with Gasteiger partial charge in [0.05, 0.1) is 25.6 Å². The molecule has 26 heavy (non-hydrogen) atoms. The Bertz CT molecular complexity index is 989. The lowest BCUT2D eigenvalue weighted by atomic mass is 10.0. The summed E-state index contributed by atoms with van der Waals surface area (Å²) in [6.07, 6.45) is 0. The van der Waals surface area contributed by atoms with Crippen molar-refractivity contribution in [2.75, 3.05) is 20.8 Å². The Labute approximate surface area is 157 Å². The van der Waals surface area contributed by atoms with Gasteiger partial charge in [-0.3, -0.25) is 9.36 Å².